The van der Waals surface area contributed by atoms with Crippen molar-refractivity contribution < 1.29 is 9.59 Å². The van der Waals surface area contributed by atoms with Crippen molar-refractivity contribution in [3.05, 3.63) is 94.5 Å². The van der Waals surface area contributed by atoms with Crippen LogP contribution in [-0.4, -0.2) is 17.6 Å². The van der Waals surface area contributed by atoms with Gasteiger partial charge in [0.1, 0.15) is 0 Å². The first-order chi connectivity index (χ1) is 14.5. The van der Waals surface area contributed by atoms with Gasteiger partial charge in [-0.3, -0.25) is 9.59 Å². The molecule has 0 aliphatic rings. The van der Waals surface area contributed by atoms with Crippen molar-refractivity contribution in [3.8, 4) is 0 Å². The smallest absolute Gasteiger partial charge is 0.248 e. The number of hydrogen-bond acceptors (Lipinski definition) is 3. The van der Waals surface area contributed by atoms with Crippen molar-refractivity contribution >= 4 is 64.2 Å². The molecular formula is C23H18Cl2N2O2S. The first-order valence-corrected chi connectivity index (χ1v) is 10.8. The van der Waals surface area contributed by atoms with Crippen LogP contribution in [0.3, 0.4) is 0 Å². The third-order valence-electron chi connectivity index (χ3n) is 3.94. The Labute approximate surface area is 189 Å². The number of hydrogen-bond donors (Lipinski definition) is 2. The second-order valence-corrected chi connectivity index (χ2v) is 8.03. The normalized spacial score (nSPS) is 10.7. The summed E-state index contributed by atoms with van der Waals surface area (Å²) in [5.74, 6) is -0.182. The summed E-state index contributed by atoms with van der Waals surface area (Å²) < 4.78 is 0. The van der Waals surface area contributed by atoms with Gasteiger partial charge in [-0.1, -0.05) is 59.6 Å². The van der Waals surface area contributed by atoms with E-state index in [1.807, 2.05) is 42.5 Å². The largest absolute Gasteiger partial charge is 0.324 e. The molecule has 30 heavy (non-hydrogen) atoms. The lowest BCUT2D eigenvalue weighted by Gasteiger charge is -2.08. The first kappa shape index (κ1) is 22.0. The Morgan fingerprint density at radius 1 is 0.867 bits per heavy atom. The molecule has 2 N–H and O–H groups in total. The summed E-state index contributed by atoms with van der Waals surface area (Å²) >= 11 is 13.4. The highest BCUT2D eigenvalue weighted by Crippen LogP contribution is 2.30. The van der Waals surface area contributed by atoms with Gasteiger partial charge in [-0.25, -0.2) is 0 Å². The summed E-state index contributed by atoms with van der Waals surface area (Å²) in [5, 5.41) is 6.26. The summed E-state index contributed by atoms with van der Waals surface area (Å²) in [6, 6.07) is 22.0. The molecule has 3 rings (SSSR count). The highest BCUT2D eigenvalue weighted by atomic mass is 35.5. The van der Waals surface area contributed by atoms with Gasteiger partial charge in [0.2, 0.25) is 11.8 Å². The van der Waals surface area contributed by atoms with Crippen LogP contribution in [0.4, 0.5) is 11.4 Å². The zero-order chi connectivity index (χ0) is 21.3. The monoisotopic (exact) mass is 456 g/mol. The number of rotatable bonds is 7. The summed E-state index contributed by atoms with van der Waals surface area (Å²) in [4.78, 5) is 25.1. The van der Waals surface area contributed by atoms with E-state index in [0.29, 0.717) is 21.4 Å². The van der Waals surface area contributed by atoms with Crippen LogP contribution in [-0.2, 0) is 9.59 Å². The van der Waals surface area contributed by atoms with Gasteiger partial charge >= 0.3 is 0 Å². The van der Waals surface area contributed by atoms with E-state index in [1.165, 1.54) is 17.8 Å². The summed E-state index contributed by atoms with van der Waals surface area (Å²) in [7, 11) is 0. The fraction of sp³-hybridized carbons (Fsp3) is 0.0435. The number of anilines is 2. The van der Waals surface area contributed by atoms with E-state index in [2.05, 4.69) is 10.6 Å². The van der Waals surface area contributed by atoms with Gasteiger partial charge in [0, 0.05) is 16.7 Å². The van der Waals surface area contributed by atoms with Gasteiger partial charge < -0.3 is 10.6 Å². The standard InChI is InChI=1S/C23H18Cl2N2O2S/c24-19-7-4-8-20(23(19)25)27-22(29)15-30-18-12-10-17(11-13-18)26-21(28)14-9-16-5-2-1-3-6-16/h1-14H,15H2,(H,26,28)(H,27,29)/b14-9+. The van der Waals surface area contributed by atoms with Crippen molar-refractivity contribution in [1.29, 1.82) is 0 Å². The van der Waals surface area contributed by atoms with Crippen LogP contribution in [0.5, 0.6) is 0 Å². The van der Waals surface area contributed by atoms with Gasteiger partial charge in [0.25, 0.3) is 0 Å². The maximum atomic E-state index is 12.2. The molecule has 0 heterocycles. The lowest BCUT2D eigenvalue weighted by atomic mass is 10.2. The highest BCUT2D eigenvalue weighted by molar-refractivity contribution is 8.00. The van der Waals surface area contributed by atoms with Crippen molar-refractivity contribution in [2.75, 3.05) is 16.4 Å². The molecule has 7 heteroatoms. The number of thioether (sulfide) groups is 1. The fourth-order valence-corrected chi connectivity index (χ4v) is 3.54. The third-order valence-corrected chi connectivity index (χ3v) is 5.78. The Hall–Kier alpha value is -2.73. The van der Waals surface area contributed by atoms with Crippen molar-refractivity contribution in [2.24, 2.45) is 0 Å². The van der Waals surface area contributed by atoms with Crippen LogP contribution in [0.15, 0.2) is 83.8 Å². The predicted molar refractivity (Wildman–Crippen MR) is 126 cm³/mol. The molecule has 0 aliphatic carbocycles. The number of carbonyl (C=O) groups excluding carboxylic acids is 2. The van der Waals surface area contributed by atoms with E-state index in [9.17, 15) is 9.59 Å². The Kier molecular flexibility index (Phi) is 7.97. The molecule has 0 aromatic heterocycles. The van der Waals surface area contributed by atoms with E-state index >= 15 is 0 Å². The molecule has 0 atom stereocenters. The Bertz CT molecular complexity index is 1050. The quantitative estimate of drug-likeness (QED) is 0.320. The van der Waals surface area contributed by atoms with Gasteiger partial charge in [-0.05, 0) is 48.0 Å². The van der Waals surface area contributed by atoms with Crippen LogP contribution >= 0.6 is 35.0 Å². The maximum absolute atomic E-state index is 12.2. The average Bonchev–Trinajstić information content (AvgIpc) is 2.76. The molecule has 152 valence electrons. The van der Waals surface area contributed by atoms with E-state index < -0.39 is 0 Å². The SMILES string of the molecule is O=C(/C=C/c1ccccc1)Nc1ccc(SCC(=O)Nc2cccc(Cl)c2Cl)cc1. The van der Waals surface area contributed by atoms with E-state index in [1.54, 1.807) is 36.4 Å². The molecule has 3 aromatic carbocycles. The molecular weight excluding hydrogens is 439 g/mol. The third kappa shape index (κ3) is 6.66. The molecule has 4 nitrogen and oxygen atoms in total. The topological polar surface area (TPSA) is 58.2 Å². The molecule has 0 saturated heterocycles. The van der Waals surface area contributed by atoms with E-state index in [4.69, 9.17) is 23.2 Å². The first-order valence-electron chi connectivity index (χ1n) is 9.02. The highest BCUT2D eigenvalue weighted by Gasteiger charge is 2.09. The number of halogens is 2. The van der Waals surface area contributed by atoms with Crippen LogP contribution in [0, 0.1) is 0 Å². The summed E-state index contributed by atoms with van der Waals surface area (Å²) in [6.45, 7) is 0. The number of benzene rings is 3. The molecule has 2 amide bonds. The van der Waals surface area contributed by atoms with Crippen molar-refractivity contribution in [1.82, 2.24) is 0 Å². The number of nitrogens with one attached hydrogen (secondary N) is 2. The second-order valence-electron chi connectivity index (χ2n) is 6.20. The minimum Gasteiger partial charge on any atom is -0.324 e. The van der Waals surface area contributed by atoms with E-state index in [0.717, 1.165) is 10.5 Å². The minimum absolute atomic E-state index is 0.187. The summed E-state index contributed by atoms with van der Waals surface area (Å²) in [6.07, 6.45) is 3.24. The Balaban J connectivity index is 1.48. The Morgan fingerprint density at radius 2 is 1.60 bits per heavy atom. The van der Waals surface area contributed by atoms with Crippen LogP contribution in [0.1, 0.15) is 5.56 Å². The average molecular weight is 457 g/mol. The molecule has 0 fully saturated rings. The van der Waals surface area contributed by atoms with E-state index in [-0.39, 0.29) is 17.6 Å². The molecule has 0 aliphatic heterocycles. The maximum Gasteiger partial charge on any atom is 0.248 e. The fourth-order valence-electron chi connectivity index (χ4n) is 2.49. The van der Waals surface area contributed by atoms with Crippen molar-refractivity contribution in [2.45, 2.75) is 4.90 Å². The molecule has 0 spiro atoms. The van der Waals surface area contributed by atoms with Gasteiger partial charge in [-0.2, -0.15) is 0 Å². The Morgan fingerprint density at radius 3 is 2.33 bits per heavy atom. The van der Waals surface area contributed by atoms with Crippen LogP contribution in [0.2, 0.25) is 10.0 Å². The predicted octanol–water partition coefficient (Wildman–Crippen LogP) is 6.38. The number of carbonyl (C=O) groups is 2. The van der Waals surface area contributed by atoms with Gasteiger partial charge in [-0.15, -0.1) is 11.8 Å². The zero-order valence-corrected chi connectivity index (χ0v) is 18.1. The summed E-state index contributed by atoms with van der Waals surface area (Å²) in [5.41, 5.74) is 2.12. The molecule has 0 bridgehead atoms. The van der Waals surface area contributed by atoms with Gasteiger partial charge in [0.05, 0.1) is 21.5 Å². The minimum atomic E-state index is -0.211. The van der Waals surface area contributed by atoms with Crippen LogP contribution in [0.25, 0.3) is 6.08 Å². The molecule has 0 radical (unpaired) electrons. The molecule has 0 saturated carbocycles. The lowest BCUT2D eigenvalue weighted by Crippen LogP contribution is -2.14. The van der Waals surface area contributed by atoms with Crippen LogP contribution < -0.4 is 10.6 Å². The van der Waals surface area contributed by atoms with Crippen molar-refractivity contribution in [3.63, 3.8) is 0 Å². The second kappa shape index (κ2) is 10.9. The zero-order valence-electron chi connectivity index (χ0n) is 15.8. The molecule has 0 unspecified atom stereocenters. The lowest BCUT2D eigenvalue weighted by molar-refractivity contribution is -0.114. The van der Waals surface area contributed by atoms with Gasteiger partial charge in [0.15, 0.2) is 0 Å². The molecule has 3 aromatic rings. The number of amides is 2.